The molecule has 33 heavy (non-hydrogen) atoms. The Morgan fingerprint density at radius 3 is 2.58 bits per heavy atom. The lowest BCUT2D eigenvalue weighted by molar-refractivity contribution is 0.107. The van der Waals surface area contributed by atoms with Crippen LogP contribution >= 0.6 is 0 Å². The van der Waals surface area contributed by atoms with E-state index in [9.17, 15) is 0 Å². The predicted octanol–water partition coefficient (Wildman–Crippen LogP) is 5.06. The molecule has 6 nitrogen and oxygen atoms in total. The summed E-state index contributed by atoms with van der Waals surface area (Å²) in [6.45, 7) is 3.04. The molecule has 1 aliphatic carbocycles. The molecule has 0 unspecified atom stereocenters. The molecule has 2 aliphatic rings. The van der Waals surface area contributed by atoms with Gasteiger partial charge in [-0.15, -0.1) is 0 Å². The van der Waals surface area contributed by atoms with E-state index in [-0.39, 0.29) is 0 Å². The van der Waals surface area contributed by atoms with Gasteiger partial charge in [0.1, 0.15) is 30.1 Å². The standard InChI is InChI=1S/C27H29N5O/c28-26-25-24(20-9-6-10-23(13-20)33-17-19-7-2-1-3-8-19)16-32(27(25)30-18-29-26)22-14-21(15-22)31-11-4-5-12-31/h1-3,6-10,13,16,18,21-22H,4-5,11-12,14-15,17H2,(H2,28,29,30). The van der Waals surface area contributed by atoms with Crippen LogP contribution in [-0.2, 0) is 6.61 Å². The number of nitrogens with two attached hydrogens (primary N) is 1. The first-order valence-electron chi connectivity index (χ1n) is 11.9. The SMILES string of the molecule is Nc1ncnc2c1c(-c1cccc(OCc3ccccc3)c1)cn2C1CC(N2CCCC2)C1. The van der Waals surface area contributed by atoms with Crippen molar-refractivity contribution in [2.24, 2.45) is 0 Å². The second kappa shape index (κ2) is 8.52. The minimum Gasteiger partial charge on any atom is -0.489 e. The molecule has 6 heteroatoms. The lowest BCUT2D eigenvalue weighted by atomic mass is 9.85. The number of likely N-dealkylation sites (tertiary alicyclic amines) is 1. The molecule has 1 saturated heterocycles. The topological polar surface area (TPSA) is 69.2 Å². The van der Waals surface area contributed by atoms with E-state index in [2.05, 4.69) is 49.9 Å². The zero-order valence-corrected chi connectivity index (χ0v) is 18.7. The number of hydrogen-bond donors (Lipinski definition) is 1. The lowest BCUT2D eigenvalue weighted by Crippen LogP contribution is -2.43. The smallest absolute Gasteiger partial charge is 0.146 e. The van der Waals surface area contributed by atoms with E-state index in [1.807, 2.05) is 30.3 Å². The molecule has 0 radical (unpaired) electrons. The molecule has 0 bridgehead atoms. The average Bonchev–Trinajstić information content (AvgIpc) is 3.48. The Morgan fingerprint density at radius 2 is 1.76 bits per heavy atom. The quantitative estimate of drug-likeness (QED) is 0.455. The fourth-order valence-electron chi connectivity index (χ4n) is 5.29. The van der Waals surface area contributed by atoms with Crippen LogP contribution in [0.4, 0.5) is 5.82 Å². The monoisotopic (exact) mass is 439 g/mol. The number of ether oxygens (including phenoxy) is 1. The first-order chi connectivity index (χ1) is 16.3. The molecule has 1 saturated carbocycles. The van der Waals surface area contributed by atoms with Crippen molar-refractivity contribution in [2.75, 3.05) is 18.8 Å². The van der Waals surface area contributed by atoms with Gasteiger partial charge in [0.2, 0.25) is 0 Å². The van der Waals surface area contributed by atoms with Gasteiger partial charge in [-0.1, -0.05) is 42.5 Å². The molecule has 1 aliphatic heterocycles. The highest BCUT2D eigenvalue weighted by Crippen LogP contribution is 2.42. The summed E-state index contributed by atoms with van der Waals surface area (Å²) in [6.07, 6.45) is 8.82. The van der Waals surface area contributed by atoms with E-state index in [1.165, 1.54) is 38.8 Å². The van der Waals surface area contributed by atoms with Gasteiger partial charge in [-0.25, -0.2) is 9.97 Å². The van der Waals surface area contributed by atoms with Gasteiger partial charge in [-0.3, -0.25) is 0 Å². The number of nitrogens with zero attached hydrogens (tertiary/aromatic N) is 4. The van der Waals surface area contributed by atoms with Gasteiger partial charge in [0.15, 0.2) is 0 Å². The van der Waals surface area contributed by atoms with Crippen molar-refractivity contribution in [3.05, 3.63) is 72.7 Å². The van der Waals surface area contributed by atoms with Crippen LogP contribution in [-0.4, -0.2) is 38.6 Å². The van der Waals surface area contributed by atoms with E-state index >= 15 is 0 Å². The van der Waals surface area contributed by atoms with E-state index in [0.717, 1.165) is 33.5 Å². The third kappa shape index (κ3) is 3.85. The summed E-state index contributed by atoms with van der Waals surface area (Å²) >= 11 is 0. The van der Waals surface area contributed by atoms with Gasteiger partial charge < -0.3 is 19.9 Å². The first-order valence-corrected chi connectivity index (χ1v) is 11.9. The molecule has 4 aromatic rings. The maximum absolute atomic E-state index is 6.36. The number of anilines is 1. The maximum Gasteiger partial charge on any atom is 0.146 e. The summed E-state index contributed by atoms with van der Waals surface area (Å²) in [6, 6.07) is 19.6. The number of rotatable bonds is 6. The zero-order valence-electron chi connectivity index (χ0n) is 18.7. The average molecular weight is 440 g/mol. The molecule has 0 spiro atoms. The summed E-state index contributed by atoms with van der Waals surface area (Å²) in [7, 11) is 0. The first kappa shape index (κ1) is 20.2. The Hall–Kier alpha value is -3.38. The second-order valence-electron chi connectivity index (χ2n) is 9.23. The lowest BCUT2D eigenvalue weighted by Gasteiger charge is -2.42. The van der Waals surface area contributed by atoms with Crippen molar-refractivity contribution in [2.45, 2.75) is 44.4 Å². The zero-order chi connectivity index (χ0) is 22.2. The summed E-state index contributed by atoms with van der Waals surface area (Å²) in [5, 5.41) is 0.933. The summed E-state index contributed by atoms with van der Waals surface area (Å²) in [5.41, 5.74) is 10.6. The second-order valence-corrected chi connectivity index (χ2v) is 9.23. The molecular weight excluding hydrogens is 410 g/mol. The van der Waals surface area contributed by atoms with Crippen molar-refractivity contribution in [1.29, 1.82) is 0 Å². The molecule has 2 fully saturated rings. The van der Waals surface area contributed by atoms with E-state index < -0.39 is 0 Å². The van der Waals surface area contributed by atoms with Crippen LogP contribution in [0, 0.1) is 0 Å². The van der Waals surface area contributed by atoms with Gasteiger partial charge in [-0.2, -0.15) is 0 Å². The molecular formula is C27H29N5O. The van der Waals surface area contributed by atoms with Crippen molar-refractivity contribution >= 4 is 16.9 Å². The molecule has 2 N–H and O–H groups in total. The molecule has 168 valence electrons. The van der Waals surface area contributed by atoms with Gasteiger partial charge in [0, 0.05) is 23.8 Å². The summed E-state index contributed by atoms with van der Waals surface area (Å²) < 4.78 is 8.41. The molecule has 2 aromatic heterocycles. The Labute approximate surface area is 194 Å². The Morgan fingerprint density at radius 1 is 0.939 bits per heavy atom. The molecule has 6 rings (SSSR count). The Kier molecular flexibility index (Phi) is 5.23. The molecule has 0 amide bonds. The van der Waals surface area contributed by atoms with E-state index in [4.69, 9.17) is 10.5 Å². The predicted molar refractivity (Wildman–Crippen MR) is 131 cm³/mol. The van der Waals surface area contributed by atoms with Crippen molar-refractivity contribution in [1.82, 2.24) is 19.4 Å². The number of hydrogen-bond acceptors (Lipinski definition) is 5. The summed E-state index contributed by atoms with van der Waals surface area (Å²) in [4.78, 5) is 11.6. The fraction of sp³-hybridized carbons (Fsp3) is 0.333. The van der Waals surface area contributed by atoms with Crippen molar-refractivity contribution in [3.8, 4) is 16.9 Å². The molecule has 3 heterocycles. The van der Waals surface area contributed by atoms with Gasteiger partial charge in [0.25, 0.3) is 0 Å². The number of fused-ring (bicyclic) bond motifs is 1. The minimum absolute atomic E-state index is 0.457. The van der Waals surface area contributed by atoms with Gasteiger partial charge in [-0.05, 0) is 62.0 Å². The van der Waals surface area contributed by atoms with Gasteiger partial charge >= 0.3 is 0 Å². The van der Waals surface area contributed by atoms with E-state index in [1.54, 1.807) is 6.33 Å². The van der Waals surface area contributed by atoms with Crippen LogP contribution < -0.4 is 10.5 Å². The highest BCUT2D eigenvalue weighted by Gasteiger charge is 2.36. The molecule has 2 aromatic carbocycles. The molecule has 0 atom stereocenters. The van der Waals surface area contributed by atoms with Crippen molar-refractivity contribution < 1.29 is 4.74 Å². The largest absolute Gasteiger partial charge is 0.489 e. The third-order valence-electron chi connectivity index (χ3n) is 7.17. The normalized spacial score (nSPS) is 20.7. The fourth-order valence-corrected chi connectivity index (χ4v) is 5.29. The van der Waals surface area contributed by atoms with Crippen molar-refractivity contribution in [3.63, 3.8) is 0 Å². The van der Waals surface area contributed by atoms with Crippen LogP contribution in [0.2, 0.25) is 0 Å². The maximum atomic E-state index is 6.36. The third-order valence-corrected chi connectivity index (χ3v) is 7.17. The summed E-state index contributed by atoms with van der Waals surface area (Å²) in [5.74, 6) is 1.37. The number of nitrogen functional groups attached to an aromatic ring is 1. The van der Waals surface area contributed by atoms with Crippen LogP contribution in [0.5, 0.6) is 5.75 Å². The Bertz CT molecular complexity index is 1260. The number of aromatic nitrogens is 3. The highest BCUT2D eigenvalue weighted by molar-refractivity contribution is 6.00. The van der Waals surface area contributed by atoms with Crippen LogP contribution in [0.15, 0.2) is 67.1 Å². The van der Waals surface area contributed by atoms with E-state index in [0.29, 0.717) is 24.5 Å². The Balaban J connectivity index is 1.29. The van der Waals surface area contributed by atoms with Crippen LogP contribution in [0.25, 0.3) is 22.2 Å². The van der Waals surface area contributed by atoms with Crippen LogP contribution in [0.1, 0.15) is 37.3 Å². The highest BCUT2D eigenvalue weighted by atomic mass is 16.5. The van der Waals surface area contributed by atoms with Gasteiger partial charge in [0.05, 0.1) is 5.39 Å². The minimum atomic E-state index is 0.457. The van der Waals surface area contributed by atoms with Crippen LogP contribution in [0.3, 0.4) is 0 Å². The number of benzene rings is 2.